The van der Waals surface area contributed by atoms with E-state index in [0.29, 0.717) is 24.8 Å². The molecule has 0 saturated carbocycles. The van der Waals surface area contributed by atoms with Crippen LogP contribution in [-0.4, -0.2) is 50.5 Å². The number of aromatic nitrogens is 4. The molecule has 0 spiro atoms. The van der Waals surface area contributed by atoms with Crippen LogP contribution >= 0.6 is 0 Å². The first-order chi connectivity index (χ1) is 11.8. The zero-order chi connectivity index (χ0) is 16.4. The van der Waals surface area contributed by atoms with Crippen molar-refractivity contribution in [2.75, 3.05) is 19.7 Å². The number of hydrogen-bond acceptors (Lipinski definition) is 4. The van der Waals surface area contributed by atoms with Crippen LogP contribution in [0.15, 0.2) is 18.5 Å². The minimum atomic E-state index is 0.0449. The van der Waals surface area contributed by atoms with Crippen molar-refractivity contribution in [1.82, 2.24) is 24.9 Å². The van der Waals surface area contributed by atoms with E-state index >= 15 is 0 Å². The number of piperidine rings is 1. The van der Waals surface area contributed by atoms with E-state index in [2.05, 4.69) is 15.3 Å². The number of amides is 1. The fourth-order valence-corrected chi connectivity index (χ4v) is 3.61. The number of rotatable bonds is 4. The molecule has 2 aliphatic rings. The average molecular weight is 329 g/mol. The molecule has 0 atom stereocenters. The highest BCUT2D eigenvalue weighted by molar-refractivity contribution is 5.94. The van der Waals surface area contributed by atoms with Crippen molar-refractivity contribution < 1.29 is 9.53 Å². The van der Waals surface area contributed by atoms with Gasteiger partial charge in [-0.05, 0) is 31.2 Å². The second-order valence-corrected chi connectivity index (χ2v) is 6.63. The third-order valence-corrected chi connectivity index (χ3v) is 5.13. The van der Waals surface area contributed by atoms with E-state index in [4.69, 9.17) is 4.74 Å². The Hall–Kier alpha value is -2.15. The summed E-state index contributed by atoms with van der Waals surface area (Å²) in [6.45, 7) is 3.77. The molecule has 2 aromatic rings. The van der Waals surface area contributed by atoms with Gasteiger partial charge in [-0.25, -0.2) is 0 Å². The average Bonchev–Trinajstić information content (AvgIpc) is 3.29. The summed E-state index contributed by atoms with van der Waals surface area (Å²) in [6.07, 6.45) is 7.85. The first kappa shape index (κ1) is 15.4. The maximum atomic E-state index is 12.8. The largest absolute Gasteiger partial charge is 0.376 e. The second kappa shape index (κ2) is 6.76. The topological polar surface area (TPSA) is 76.0 Å². The molecule has 0 unspecified atom stereocenters. The molecular weight excluding hydrogens is 306 g/mol. The van der Waals surface area contributed by atoms with Crippen molar-refractivity contribution in [3.8, 4) is 0 Å². The van der Waals surface area contributed by atoms with E-state index in [0.717, 1.165) is 56.6 Å². The maximum absolute atomic E-state index is 12.8. The maximum Gasteiger partial charge on any atom is 0.274 e. The van der Waals surface area contributed by atoms with Crippen LogP contribution in [0.4, 0.5) is 0 Å². The SMILES string of the molecule is O=C(c1n[nH]c2c1COCC2)N1CCC(CCn2cccn2)CC1. The molecule has 1 saturated heterocycles. The number of likely N-dealkylation sites (tertiary alicyclic amines) is 1. The molecule has 4 heterocycles. The van der Waals surface area contributed by atoms with E-state index in [1.165, 1.54) is 0 Å². The van der Waals surface area contributed by atoms with Crippen LogP contribution in [0.25, 0.3) is 0 Å². The summed E-state index contributed by atoms with van der Waals surface area (Å²) >= 11 is 0. The summed E-state index contributed by atoms with van der Waals surface area (Å²) in [6, 6.07) is 1.95. The van der Waals surface area contributed by atoms with Gasteiger partial charge in [-0.3, -0.25) is 14.6 Å². The molecule has 2 aliphatic heterocycles. The molecule has 0 aromatic carbocycles. The first-order valence-electron chi connectivity index (χ1n) is 8.72. The lowest BCUT2D eigenvalue weighted by atomic mass is 9.93. The van der Waals surface area contributed by atoms with Gasteiger partial charge in [-0.15, -0.1) is 0 Å². The van der Waals surface area contributed by atoms with Crippen LogP contribution in [0, 0.1) is 5.92 Å². The quantitative estimate of drug-likeness (QED) is 0.925. The van der Waals surface area contributed by atoms with Gasteiger partial charge in [0.05, 0.1) is 13.2 Å². The predicted octanol–water partition coefficient (Wildman–Crippen LogP) is 1.62. The molecule has 2 aromatic heterocycles. The van der Waals surface area contributed by atoms with E-state index in [1.54, 1.807) is 0 Å². The van der Waals surface area contributed by atoms with Gasteiger partial charge in [0.25, 0.3) is 5.91 Å². The highest BCUT2D eigenvalue weighted by atomic mass is 16.5. The van der Waals surface area contributed by atoms with Crippen molar-refractivity contribution in [3.63, 3.8) is 0 Å². The molecule has 1 N–H and O–H groups in total. The summed E-state index contributed by atoms with van der Waals surface area (Å²) < 4.78 is 7.46. The summed E-state index contributed by atoms with van der Waals surface area (Å²) in [7, 11) is 0. The number of nitrogens with zero attached hydrogens (tertiary/aromatic N) is 4. The molecule has 0 radical (unpaired) electrons. The lowest BCUT2D eigenvalue weighted by Crippen LogP contribution is -2.39. The Morgan fingerprint density at radius 1 is 1.38 bits per heavy atom. The Bertz CT molecular complexity index is 686. The Labute approximate surface area is 141 Å². The number of hydrogen-bond donors (Lipinski definition) is 1. The van der Waals surface area contributed by atoms with E-state index in [9.17, 15) is 4.79 Å². The summed E-state index contributed by atoms with van der Waals surface area (Å²) in [5, 5.41) is 11.5. The van der Waals surface area contributed by atoms with E-state index in [1.807, 2.05) is 28.0 Å². The number of aromatic amines is 1. The first-order valence-corrected chi connectivity index (χ1v) is 8.72. The number of carbonyl (C=O) groups is 1. The van der Waals surface area contributed by atoms with Crippen LogP contribution < -0.4 is 0 Å². The van der Waals surface area contributed by atoms with Crippen molar-refractivity contribution in [2.24, 2.45) is 5.92 Å². The molecule has 4 rings (SSSR count). The molecule has 128 valence electrons. The fourth-order valence-electron chi connectivity index (χ4n) is 3.61. The number of nitrogens with one attached hydrogen (secondary N) is 1. The van der Waals surface area contributed by atoms with Gasteiger partial charge >= 0.3 is 0 Å². The van der Waals surface area contributed by atoms with Crippen LogP contribution in [0.1, 0.15) is 41.0 Å². The van der Waals surface area contributed by atoms with Crippen molar-refractivity contribution in [2.45, 2.75) is 38.8 Å². The number of aryl methyl sites for hydroxylation is 1. The Kier molecular flexibility index (Phi) is 4.34. The lowest BCUT2D eigenvalue weighted by molar-refractivity contribution is 0.0667. The minimum absolute atomic E-state index is 0.0449. The summed E-state index contributed by atoms with van der Waals surface area (Å²) in [5.41, 5.74) is 2.56. The third-order valence-electron chi connectivity index (χ3n) is 5.13. The van der Waals surface area contributed by atoms with Crippen LogP contribution in [0.3, 0.4) is 0 Å². The Morgan fingerprint density at radius 2 is 2.25 bits per heavy atom. The Morgan fingerprint density at radius 3 is 3.04 bits per heavy atom. The normalized spacial score (nSPS) is 18.6. The van der Waals surface area contributed by atoms with Gasteiger partial charge in [0.2, 0.25) is 0 Å². The van der Waals surface area contributed by atoms with Gasteiger partial charge in [-0.2, -0.15) is 10.2 Å². The summed E-state index contributed by atoms with van der Waals surface area (Å²) in [5.74, 6) is 0.707. The van der Waals surface area contributed by atoms with Crippen LogP contribution in [0.2, 0.25) is 0 Å². The molecule has 0 aliphatic carbocycles. The minimum Gasteiger partial charge on any atom is -0.376 e. The van der Waals surface area contributed by atoms with E-state index in [-0.39, 0.29) is 5.91 Å². The lowest BCUT2D eigenvalue weighted by Gasteiger charge is -2.32. The highest BCUT2D eigenvalue weighted by Crippen LogP contribution is 2.24. The highest BCUT2D eigenvalue weighted by Gasteiger charge is 2.28. The van der Waals surface area contributed by atoms with Crippen LogP contribution in [0.5, 0.6) is 0 Å². The smallest absolute Gasteiger partial charge is 0.274 e. The zero-order valence-corrected chi connectivity index (χ0v) is 13.8. The van der Waals surface area contributed by atoms with Crippen molar-refractivity contribution >= 4 is 5.91 Å². The second-order valence-electron chi connectivity index (χ2n) is 6.63. The molecule has 0 bridgehead atoms. The van der Waals surface area contributed by atoms with Crippen molar-refractivity contribution in [3.05, 3.63) is 35.4 Å². The van der Waals surface area contributed by atoms with E-state index < -0.39 is 0 Å². The number of ether oxygens (including phenoxy) is 1. The van der Waals surface area contributed by atoms with Gasteiger partial charge in [0.15, 0.2) is 5.69 Å². The van der Waals surface area contributed by atoms with Gasteiger partial charge < -0.3 is 9.64 Å². The number of H-pyrrole nitrogens is 1. The molecule has 1 fully saturated rings. The van der Waals surface area contributed by atoms with Gasteiger partial charge in [-0.1, -0.05) is 0 Å². The monoisotopic (exact) mass is 329 g/mol. The van der Waals surface area contributed by atoms with Gasteiger partial charge in [0, 0.05) is 49.7 Å². The molecule has 24 heavy (non-hydrogen) atoms. The number of carbonyl (C=O) groups excluding carboxylic acids is 1. The third kappa shape index (κ3) is 3.08. The molecular formula is C17H23N5O2. The summed E-state index contributed by atoms with van der Waals surface area (Å²) in [4.78, 5) is 14.7. The number of fused-ring (bicyclic) bond motifs is 1. The van der Waals surface area contributed by atoms with Gasteiger partial charge in [0.1, 0.15) is 0 Å². The van der Waals surface area contributed by atoms with Crippen molar-refractivity contribution in [1.29, 1.82) is 0 Å². The molecule has 7 nitrogen and oxygen atoms in total. The van der Waals surface area contributed by atoms with Crippen LogP contribution in [-0.2, 0) is 24.3 Å². The molecule has 1 amide bonds. The fraction of sp³-hybridized carbons (Fsp3) is 0.588. The Balaban J connectivity index is 1.32. The molecule has 7 heteroatoms. The standard InChI is InChI=1S/C17H23N5O2/c23-17(16-14-12-24-11-5-15(14)19-20-16)21-8-2-13(3-9-21)4-10-22-7-1-6-18-22/h1,6-7,13H,2-5,8-12H2,(H,19,20). The predicted molar refractivity (Wildman–Crippen MR) is 87.4 cm³/mol. The zero-order valence-electron chi connectivity index (χ0n) is 13.8.